The lowest BCUT2D eigenvalue weighted by molar-refractivity contribution is 0.0652. The topological polar surface area (TPSA) is 50.6 Å². The Kier molecular flexibility index (Phi) is 6.47. The molecule has 2 aromatic heterocycles. The van der Waals surface area contributed by atoms with Gasteiger partial charge >= 0.3 is 0 Å². The van der Waals surface area contributed by atoms with E-state index in [1.807, 2.05) is 47.6 Å². The van der Waals surface area contributed by atoms with Crippen LogP contribution < -0.4 is 4.74 Å². The maximum Gasteiger partial charge on any atom is 0.253 e. The van der Waals surface area contributed by atoms with Gasteiger partial charge in [-0.1, -0.05) is 19.3 Å². The van der Waals surface area contributed by atoms with Crippen LogP contribution in [0.5, 0.6) is 5.75 Å². The number of rotatable bonds is 6. The maximum absolute atomic E-state index is 12.5. The van der Waals surface area contributed by atoms with Gasteiger partial charge in [0.15, 0.2) is 0 Å². The van der Waals surface area contributed by atoms with Crippen LogP contribution >= 0.6 is 0 Å². The van der Waals surface area contributed by atoms with Crippen molar-refractivity contribution in [1.29, 1.82) is 0 Å². The predicted octanol–water partition coefficient (Wildman–Crippen LogP) is 5.29. The standard InChI is InChI=1S/C29H36N4O2/c34-29(32-14-4-15-32)24-7-9-27-23(19-24)11-18-33(27)28-10-8-26(20-30-28)35-25-12-16-31(17-13-25)21-22-5-2-1-3-6-22/h7-11,18-20,22,25H,1-6,12-17,21H2. The number of piperidine rings is 1. The zero-order valence-electron chi connectivity index (χ0n) is 20.6. The second kappa shape index (κ2) is 10.0. The van der Waals surface area contributed by atoms with E-state index in [4.69, 9.17) is 4.74 Å². The summed E-state index contributed by atoms with van der Waals surface area (Å²) in [5, 5.41) is 1.05. The van der Waals surface area contributed by atoms with Crippen LogP contribution in [0.2, 0.25) is 0 Å². The number of pyridine rings is 1. The van der Waals surface area contributed by atoms with Crippen molar-refractivity contribution >= 4 is 16.8 Å². The molecule has 0 bridgehead atoms. The molecule has 3 fully saturated rings. The van der Waals surface area contributed by atoms with Crippen LogP contribution in [-0.2, 0) is 0 Å². The number of nitrogens with zero attached hydrogens (tertiary/aromatic N) is 4. The zero-order chi connectivity index (χ0) is 23.6. The molecule has 2 aliphatic heterocycles. The number of amides is 1. The maximum atomic E-state index is 12.5. The fourth-order valence-corrected chi connectivity index (χ4v) is 5.90. The van der Waals surface area contributed by atoms with Crippen molar-refractivity contribution in [2.24, 2.45) is 5.92 Å². The van der Waals surface area contributed by atoms with Crippen LogP contribution in [0.1, 0.15) is 61.7 Å². The highest BCUT2D eigenvalue weighted by molar-refractivity contribution is 5.98. The summed E-state index contributed by atoms with van der Waals surface area (Å²) in [7, 11) is 0. The third-order valence-electron chi connectivity index (χ3n) is 8.13. The summed E-state index contributed by atoms with van der Waals surface area (Å²) >= 11 is 0. The molecule has 0 radical (unpaired) electrons. The SMILES string of the molecule is O=C(c1ccc2c(ccn2-c2ccc(OC3CCN(CC4CCCCC4)CC3)cn2)c1)N1CCC1. The molecule has 6 heteroatoms. The highest BCUT2D eigenvalue weighted by Crippen LogP contribution is 2.27. The first kappa shape index (κ1) is 22.6. The van der Waals surface area contributed by atoms with Crippen molar-refractivity contribution in [2.45, 2.75) is 57.5 Å². The normalized spacial score (nSPS) is 20.2. The van der Waals surface area contributed by atoms with E-state index < -0.39 is 0 Å². The summed E-state index contributed by atoms with van der Waals surface area (Å²) in [6.07, 6.45) is 14.5. The van der Waals surface area contributed by atoms with Gasteiger partial charge < -0.3 is 19.1 Å². The van der Waals surface area contributed by atoms with Crippen molar-refractivity contribution in [3.63, 3.8) is 0 Å². The number of hydrogen-bond acceptors (Lipinski definition) is 4. The number of ether oxygens (including phenoxy) is 1. The fraction of sp³-hybridized carbons (Fsp3) is 0.517. The summed E-state index contributed by atoms with van der Waals surface area (Å²) in [5.74, 6) is 2.75. The molecule has 184 valence electrons. The van der Waals surface area contributed by atoms with Crippen molar-refractivity contribution < 1.29 is 9.53 Å². The third kappa shape index (κ3) is 4.94. The van der Waals surface area contributed by atoms with Crippen LogP contribution in [0.15, 0.2) is 48.8 Å². The molecule has 6 nitrogen and oxygen atoms in total. The second-order valence-electron chi connectivity index (χ2n) is 10.6. The van der Waals surface area contributed by atoms with E-state index in [2.05, 4.69) is 20.5 Å². The van der Waals surface area contributed by atoms with Crippen molar-refractivity contribution in [3.8, 4) is 11.6 Å². The molecule has 1 saturated carbocycles. The Morgan fingerprint density at radius 1 is 0.914 bits per heavy atom. The lowest BCUT2D eigenvalue weighted by Gasteiger charge is -2.35. The third-order valence-corrected chi connectivity index (χ3v) is 8.13. The Morgan fingerprint density at radius 2 is 1.74 bits per heavy atom. The number of carbonyl (C=O) groups excluding carboxylic acids is 1. The Morgan fingerprint density at radius 3 is 2.46 bits per heavy atom. The van der Waals surface area contributed by atoms with Gasteiger partial charge in [-0.15, -0.1) is 0 Å². The Balaban J connectivity index is 1.06. The van der Waals surface area contributed by atoms with Gasteiger partial charge in [-0.3, -0.25) is 4.79 Å². The van der Waals surface area contributed by atoms with Gasteiger partial charge in [-0.2, -0.15) is 0 Å². The molecule has 4 heterocycles. The first-order valence-electron chi connectivity index (χ1n) is 13.5. The van der Waals surface area contributed by atoms with Gasteiger partial charge in [-0.05, 0) is 74.4 Å². The van der Waals surface area contributed by atoms with E-state index in [1.165, 1.54) is 38.6 Å². The molecule has 0 unspecified atom stereocenters. The molecule has 3 aliphatic rings. The minimum Gasteiger partial charge on any atom is -0.489 e. The molecule has 0 atom stereocenters. The van der Waals surface area contributed by atoms with Crippen molar-refractivity contribution in [2.75, 3.05) is 32.7 Å². The van der Waals surface area contributed by atoms with Gasteiger partial charge in [0.2, 0.25) is 0 Å². The number of likely N-dealkylation sites (tertiary alicyclic amines) is 2. The summed E-state index contributed by atoms with van der Waals surface area (Å²) in [6, 6.07) is 12.0. The molecule has 6 rings (SSSR count). The Bertz CT molecular complexity index is 1150. The Labute approximate surface area is 207 Å². The lowest BCUT2D eigenvalue weighted by Crippen LogP contribution is -2.41. The van der Waals surface area contributed by atoms with Crippen molar-refractivity contribution in [1.82, 2.24) is 19.4 Å². The van der Waals surface area contributed by atoms with Gasteiger partial charge in [0.1, 0.15) is 17.7 Å². The number of fused-ring (bicyclic) bond motifs is 1. The van der Waals surface area contributed by atoms with E-state index in [9.17, 15) is 4.79 Å². The minimum absolute atomic E-state index is 0.130. The monoisotopic (exact) mass is 472 g/mol. The molecule has 1 aliphatic carbocycles. The van der Waals surface area contributed by atoms with E-state index in [-0.39, 0.29) is 12.0 Å². The molecule has 0 N–H and O–H groups in total. The summed E-state index contributed by atoms with van der Waals surface area (Å²) < 4.78 is 8.36. The summed E-state index contributed by atoms with van der Waals surface area (Å²) in [5.41, 5.74) is 1.81. The number of aromatic nitrogens is 2. The quantitative estimate of drug-likeness (QED) is 0.489. The minimum atomic E-state index is 0.130. The van der Waals surface area contributed by atoms with Crippen LogP contribution in [0.3, 0.4) is 0 Å². The van der Waals surface area contributed by atoms with Gasteiger partial charge in [0.25, 0.3) is 5.91 Å². The average molecular weight is 473 g/mol. The van der Waals surface area contributed by atoms with E-state index in [1.54, 1.807) is 0 Å². The summed E-state index contributed by atoms with van der Waals surface area (Å²) in [4.78, 5) is 21.8. The molecule has 2 saturated heterocycles. The fourth-order valence-electron chi connectivity index (χ4n) is 5.90. The smallest absolute Gasteiger partial charge is 0.253 e. The highest BCUT2D eigenvalue weighted by atomic mass is 16.5. The van der Waals surface area contributed by atoms with E-state index >= 15 is 0 Å². The largest absolute Gasteiger partial charge is 0.489 e. The number of carbonyl (C=O) groups is 1. The molecule has 3 aromatic rings. The first-order chi connectivity index (χ1) is 17.2. The number of hydrogen-bond donors (Lipinski definition) is 0. The zero-order valence-corrected chi connectivity index (χ0v) is 20.6. The van der Waals surface area contributed by atoms with Crippen LogP contribution in [-0.4, -0.2) is 64.1 Å². The van der Waals surface area contributed by atoms with Gasteiger partial charge in [0.05, 0.1) is 11.7 Å². The average Bonchev–Trinajstić information content (AvgIpc) is 3.29. The number of benzene rings is 1. The second-order valence-corrected chi connectivity index (χ2v) is 10.6. The first-order valence-corrected chi connectivity index (χ1v) is 13.5. The molecule has 35 heavy (non-hydrogen) atoms. The molecular formula is C29H36N4O2. The van der Waals surface area contributed by atoms with Crippen LogP contribution in [0.4, 0.5) is 0 Å². The van der Waals surface area contributed by atoms with Gasteiger partial charge in [0, 0.05) is 49.9 Å². The molecular weight excluding hydrogens is 436 g/mol. The van der Waals surface area contributed by atoms with E-state index in [0.29, 0.717) is 0 Å². The predicted molar refractivity (Wildman–Crippen MR) is 138 cm³/mol. The van der Waals surface area contributed by atoms with Crippen LogP contribution in [0, 0.1) is 5.92 Å². The van der Waals surface area contributed by atoms with E-state index in [0.717, 1.165) is 79.4 Å². The van der Waals surface area contributed by atoms with Gasteiger partial charge in [-0.25, -0.2) is 4.98 Å². The Hall–Kier alpha value is -2.86. The molecule has 1 amide bonds. The van der Waals surface area contributed by atoms with Crippen LogP contribution in [0.25, 0.3) is 16.7 Å². The summed E-state index contributed by atoms with van der Waals surface area (Å²) in [6.45, 7) is 5.31. The highest BCUT2D eigenvalue weighted by Gasteiger charge is 2.24. The van der Waals surface area contributed by atoms with Crippen molar-refractivity contribution in [3.05, 3.63) is 54.4 Å². The lowest BCUT2D eigenvalue weighted by atomic mass is 9.88. The molecule has 0 spiro atoms. The molecule has 1 aromatic carbocycles.